The number of hydrogen-bond donors (Lipinski definition) is 3. The number of carbonyl (C=O) groups is 2. The highest BCUT2D eigenvalue weighted by molar-refractivity contribution is 7.12. The average molecular weight is 433 g/mol. The van der Waals surface area contributed by atoms with Crippen molar-refractivity contribution in [3.05, 3.63) is 81.8 Å². The van der Waals surface area contributed by atoms with Crippen molar-refractivity contribution in [3.8, 4) is 5.75 Å². The van der Waals surface area contributed by atoms with Crippen LogP contribution in [0.1, 0.15) is 26.5 Å². The summed E-state index contributed by atoms with van der Waals surface area (Å²) in [6, 6.07) is 5.78. The first-order chi connectivity index (χ1) is 13.9. The second-order valence-corrected chi connectivity index (χ2v) is 7.11. The Morgan fingerprint density at radius 3 is 2.62 bits per heavy atom. The number of benzene rings is 1. The molecule has 0 saturated carbocycles. The van der Waals surface area contributed by atoms with Gasteiger partial charge in [-0.05, 0) is 47.7 Å². The highest BCUT2D eigenvalue weighted by atomic mass is 35.5. The summed E-state index contributed by atoms with van der Waals surface area (Å²) < 4.78 is 5.21. The van der Waals surface area contributed by atoms with Gasteiger partial charge in [-0.3, -0.25) is 9.59 Å². The minimum absolute atomic E-state index is 0.0713. The molecule has 2 rings (SSSR count). The maximum Gasteiger partial charge on any atom is 0.263 e. The maximum absolute atomic E-state index is 12.5. The van der Waals surface area contributed by atoms with Gasteiger partial charge in [0.1, 0.15) is 16.4 Å². The van der Waals surface area contributed by atoms with Crippen LogP contribution in [0.25, 0.3) is 0 Å². The molecule has 0 aliphatic carbocycles. The number of phenolic OH excluding ortho intramolecular Hbond substituents is 1. The summed E-state index contributed by atoms with van der Waals surface area (Å²) in [5, 5.41) is 16.8. The molecule has 0 fully saturated rings. The number of anilines is 1. The number of hydrogen-bond acceptors (Lipinski definition) is 5. The van der Waals surface area contributed by atoms with Gasteiger partial charge < -0.3 is 20.5 Å². The third kappa shape index (κ3) is 5.73. The number of methoxy groups -OCH3 is 1. The van der Waals surface area contributed by atoms with E-state index in [2.05, 4.69) is 23.8 Å². The normalized spacial score (nSPS) is 11.2. The molecule has 8 heteroatoms. The summed E-state index contributed by atoms with van der Waals surface area (Å²) in [6.45, 7) is 7.78. The van der Waals surface area contributed by atoms with Crippen LogP contribution in [0.2, 0.25) is 5.02 Å². The zero-order valence-corrected chi connectivity index (χ0v) is 17.4. The molecule has 0 bridgehead atoms. The molecule has 0 radical (unpaired) electrons. The molecule has 0 atom stereocenters. The first kappa shape index (κ1) is 22.3. The molecule has 29 heavy (non-hydrogen) atoms. The minimum atomic E-state index is -0.438. The van der Waals surface area contributed by atoms with Gasteiger partial charge in [0.05, 0.1) is 17.8 Å². The largest absolute Gasteiger partial charge is 0.506 e. The van der Waals surface area contributed by atoms with Crippen LogP contribution >= 0.6 is 22.9 Å². The highest BCUT2D eigenvalue weighted by Crippen LogP contribution is 2.26. The monoisotopic (exact) mass is 432 g/mol. The fourth-order valence-electron chi connectivity index (χ4n) is 2.49. The first-order valence-corrected chi connectivity index (χ1v) is 9.84. The molecule has 0 unspecified atom stereocenters. The average Bonchev–Trinajstić information content (AvgIpc) is 3.17. The molecule has 3 N–H and O–H groups in total. The Hall–Kier alpha value is -3.03. The Kier molecular flexibility index (Phi) is 8.06. The van der Waals surface area contributed by atoms with Gasteiger partial charge in [-0.15, -0.1) is 11.3 Å². The van der Waals surface area contributed by atoms with Crippen molar-refractivity contribution in [1.82, 2.24) is 5.32 Å². The predicted octanol–water partition coefficient (Wildman–Crippen LogP) is 4.75. The summed E-state index contributed by atoms with van der Waals surface area (Å²) in [5.74, 6) is -0.252. The van der Waals surface area contributed by atoms with Crippen molar-refractivity contribution in [1.29, 1.82) is 0 Å². The van der Waals surface area contributed by atoms with Crippen molar-refractivity contribution in [2.75, 3.05) is 19.0 Å². The number of thiophene rings is 1. The van der Waals surface area contributed by atoms with Crippen LogP contribution in [0.15, 0.2) is 66.3 Å². The standard InChI is InChI=1S/C21H21ClN2O4S/c1-4-13(18(5-2)28-3)8-10-23-21(27)19-16(9-11-29-19)24-20(26)14-6-7-17(25)15(22)12-14/h4-7,9,11-12,25H,1-2,8,10H2,3H3,(H,23,27)(H,24,26)/b18-13-. The first-order valence-electron chi connectivity index (χ1n) is 8.58. The molecule has 152 valence electrons. The Balaban J connectivity index is 2.03. The van der Waals surface area contributed by atoms with Crippen LogP contribution < -0.4 is 10.6 Å². The molecular formula is C21H21ClN2O4S. The summed E-state index contributed by atoms with van der Waals surface area (Å²) >= 11 is 7.06. The molecule has 6 nitrogen and oxygen atoms in total. The van der Waals surface area contributed by atoms with E-state index in [1.807, 2.05) is 0 Å². The van der Waals surface area contributed by atoms with Crippen molar-refractivity contribution in [2.24, 2.45) is 0 Å². The van der Waals surface area contributed by atoms with Crippen LogP contribution in [0, 0.1) is 0 Å². The van der Waals surface area contributed by atoms with Gasteiger partial charge in [-0.2, -0.15) is 0 Å². The number of rotatable bonds is 9. The number of phenols is 1. The van der Waals surface area contributed by atoms with Crippen LogP contribution in [0.5, 0.6) is 5.75 Å². The zero-order chi connectivity index (χ0) is 21.4. The van der Waals surface area contributed by atoms with E-state index < -0.39 is 5.91 Å². The van der Waals surface area contributed by atoms with E-state index in [4.69, 9.17) is 16.3 Å². The van der Waals surface area contributed by atoms with E-state index in [1.54, 1.807) is 30.7 Å². The van der Waals surface area contributed by atoms with Gasteiger partial charge in [-0.1, -0.05) is 30.8 Å². The van der Waals surface area contributed by atoms with Gasteiger partial charge in [0.25, 0.3) is 11.8 Å². The predicted molar refractivity (Wildman–Crippen MR) is 117 cm³/mol. The summed E-state index contributed by atoms with van der Waals surface area (Å²) in [5.41, 5.74) is 1.49. The molecule has 1 aromatic heterocycles. The van der Waals surface area contributed by atoms with Gasteiger partial charge in [0.15, 0.2) is 0 Å². The third-order valence-electron chi connectivity index (χ3n) is 3.98. The zero-order valence-electron chi connectivity index (χ0n) is 15.8. The number of nitrogens with one attached hydrogen (secondary N) is 2. The summed E-state index contributed by atoms with van der Waals surface area (Å²) in [6.07, 6.45) is 3.76. The van der Waals surface area contributed by atoms with Crippen molar-refractivity contribution in [3.63, 3.8) is 0 Å². The SMILES string of the molecule is C=C/C(CCNC(=O)c1sccc1NC(=O)c1ccc(O)c(Cl)c1)=C(\C=C)OC. The number of carbonyl (C=O) groups excluding carboxylic acids is 2. The lowest BCUT2D eigenvalue weighted by Gasteiger charge is -2.10. The quantitative estimate of drug-likeness (QED) is 0.394. The van der Waals surface area contributed by atoms with Crippen molar-refractivity contribution >= 4 is 40.4 Å². The fraction of sp³-hybridized carbons (Fsp3) is 0.143. The van der Waals surface area contributed by atoms with Crippen LogP contribution in [0.4, 0.5) is 5.69 Å². The van der Waals surface area contributed by atoms with Gasteiger partial charge >= 0.3 is 0 Å². The summed E-state index contributed by atoms with van der Waals surface area (Å²) in [7, 11) is 1.54. The molecular weight excluding hydrogens is 412 g/mol. The highest BCUT2D eigenvalue weighted by Gasteiger charge is 2.16. The smallest absolute Gasteiger partial charge is 0.263 e. The molecule has 1 aromatic carbocycles. The molecule has 0 spiro atoms. The topological polar surface area (TPSA) is 87.7 Å². The number of aromatic hydroxyl groups is 1. The summed E-state index contributed by atoms with van der Waals surface area (Å²) in [4.78, 5) is 25.3. The van der Waals surface area contributed by atoms with E-state index in [1.165, 1.54) is 29.5 Å². The molecule has 0 saturated heterocycles. The van der Waals surface area contributed by atoms with E-state index in [-0.39, 0.29) is 22.2 Å². The number of allylic oxidation sites excluding steroid dienone is 2. The second kappa shape index (κ2) is 10.5. The van der Waals surface area contributed by atoms with E-state index >= 15 is 0 Å². The fourth-order valence-corrected chi connectivity index (χ4v) is 3.43. The Labute approximate surface area is 178 Å². The molecule has 2 amide bonds. The van der Waals surface area contributed by atoms with Crippen molar-refractivity contribution < 1.29 is 19.4 Å². The van der Waals surface area contributed by atoms with Crippen LogP contribution in [-0.4, -0.2) is 30.6 Å². The second-order valence-electron chi connectivity index (χ2n) is 5.79. The van der Waals surface area contributed by atoms with Gasteiger partial charge in [0.2, 0.25) is 0 Å². The lowest BCUT2D eigenvalue weighted by Crippen LogP contribution is -2.25. The Morgan fingerprint density at radius 1 is 1.24 bits per heavy atom. The lowest BCUT2D eigenvalue weighted by molar-refractivity contribution is 0.0959. The van der Waals surface area contributed by atoms with Gasteiger partial charge in [0, 0.05) is 12.1 Å². The molecule has 0 aliphatic rings. The minimum Gasteiger partial charge on any atom is -0.506 e. The number of ether oxygens (including phenoxy) is 1. The molecule has 2 aromatic rings. The van der Waals surface area contributed by atoms with Crippen molar-refractivity contribution in [2.45, 2.75) is 6.42 Å². The van der Waals surface area contributed by atoms with E-state index in [0.29, 0.717) is 29.3 Å². The Bertz CT molecular complexity index is 965. The molecule has 1 heterocycles. The number of halogens is 1. The van der Waals surface area contributed by atoms with E-state index in [0.717, 1.165) is 5.57 Å². The van der Waals surface area contributed by atoms with Gasteiger partial charge in [-0.25, -0.2) is 0 Å². The number of amides is 2. The maximum atomic E-state index is 12.5. The molecule has 0 aliphatic heterocycles. The third-order valence-corrected chi connectivity index (χ3v) is 5.19. The van der Waals surface area contributed by atoms with E-state index in [9.17, 15) is 14.7 Å². The van der Waals surface area contributed by atoms with Crippen LogP contribution in [0.3, 0.4) is 0 Å². The lowest BCUT2D eigenvalue weighted by atomic mass is 10.1. The van der Waals surface area contributed by atoms with Crippen LogP contribution in [-0.2, 0) is 4.74 Å². The Morgan fingerprint density at radius 2 is 2.00 bits per heavy atom.